The molecule has 0 amide bonds. The summed E-state index contributed by atoms with van der Waals surface area (Å²) >= 11 is 5.38. The third-order valence-electron chi connectivity index (χ3n) is 3.66. The van der Waals surface area contributed by atoms with Gasteiger partial charge in [0.15, 0.2) is 0 Å². The second-order valence-electron chi connectivity index (χ2n) is 5.00. The van der Waals surface area contributed by atoms with Crippen LogP contribution in [-0.4, -0.2) is 11.5 Å². The summed E-state index contributed by atoms with van der Waals surface area (Å²) in [5.74, 6) is 0.575. The number of fused-ring (bicyclic) bond motifs is 1. The van der Waals surface area contributed by atoms with Gasteiger partial charge in [-0.1, -0.05) is 28.1 Å². The van der Waals surface area contributed by atoms with Crippen molar-refractivity contribution >= 4 is 27.3 Å². The number of aromatic nitrogens is 1. The smallest absolute Gasteiger partial charge is 0.123 e. The Morgan fingerprint density at radius 1 is 1.42 bits per heavy atom. The fourth-order valence-corrected chi connectivity index (χ4v) is 4.32. The minimum Gasteiger partial charge on any atom is -0.330 e. The van der Waals surface area contributed by atoms with Crippen molar-refractivity contribution in [2.24, 2.45) is 5.73 Å². The lowest BCUT2D eigenvalue weighted by Gasteiger charge is -2.20. The van der Waals surface area contributed by atoms with Gasteiger partial charge in [-0.2, -0.15) is 0 Å². The maximum atomic E-state index is 5.72. The standard InChI is InChI=1S/C15H17BrN2S/c16-12-5-1-4-11(9-12)15-18-14-10(7-8-17)3-2-6-13(14)19-15/h1,4-5,9-10H,2-3,6-8,17H2. The van der Waals surface area contributed by atoms with Crippen LogP contribution in [0.2, 0.25) is 0 Å². The van der Waals surface area contributed by atoms with Crippen molar-refractivity contribution in [3.63, 3.8) is 0 Å². The van der Waals surface area contributed by atoms with Crippen molar-refractivity contribution in [1.82, 2.24) is 4.98 Å². The van der Waals surface area contributed by atoms with Gasteiger partial charge < -0.3 is 5.73 Å². The molecule has 1 heterocycles. The molecule has 1 aromatic heterocycles. The van der Waals surface area contributed by atoms with Crippen LogP contribution >= 0.6 is 27.3 Å². The van der Waals surface area contributed by atoms with Gasteiger partial charge in [0.25, 0.3) is 0 Å². The van der Waals surface area contributed by atoms with E-state index in [4.69, 9.17) is 10.7 Å². The molecule has 0 saturated heterocycles. The first kappa shape index (κ1) is 13.3. The van der Waals surface area contributed by atoms with Gasteiger partial charge in [0.1, 0.15) is 5.01 Å². The van der Waals surface area contributed by atoms with Crippen molar-refractivity contribution in [1.29, 1.82) is 0 Å². The number of thiazole rings is 1. The highest BCUT2D eigenvalue weighted by atomic mass is 79.9. The number of benzene rings is 1. The first-order valence-corrected chi connectivity index (χ1v) is 8.34. The Labute approximate surface area is 126 Å². The Balaban J connectivity index is 1.97. The van der Waals surface area contributed by atoms with Gasteiger partial charge in [0.2, 0.25) is 0 Å². The van der Waals surface area contributed by atoms with Crippen molar-refractivity contribution in [3.05, 3.63) is 39.3 Å². The molecule has 2 aromatic rings. The molecule has 1 unspecified atom stereocenters. The predicted molar refractivity (Wildman–Crippen MR) is 84.6 cm³/mol. The molecule has 1 aliphatic rings. The van der Waals surface area contributed by atoms with Crippen molar-refractivity contribution in [2.75, 3.05) is 6.54 Å². The molecule has 1 aliphatic carbocycles. The predicted octanol–water partition coefficient (Wildman–Crippen LogP) is 4.34. The second-order valence-corrected chi connectivity index (χ2v) is 7.00. The Morgan fingerprint density at radius 2 is 2.32 bits per heavy atom. The van der Waals surface area contributed by atoms with Crippen LogP contribution in [0.3, 0.4) is 0 Å². The van der Waals surface area contributed by atoms with Crippen molar-refractivity contribution in [2.45, 2.75) is 31.6 Å². The summed E-state index contributed by atoms with van der Waals surface area (Å²) in [6.07, 6.45) is 4.76. The lowest BCUT2D eigenvalue weighted by Crippen LogP contribution is -2.13. The fourth-order valence-electron chi connectivity index (χ4n) is 2.73. The van der Waals surface area contributed by atoms with Gasteiger partial charge in [-0.3, -0.25) is 0 Å². The summed E-state index contributed by atoms with van der Waals surface area (Å²) in [6, 6.07) is 8.39. The average Bonchev–Trinajstić information content (AvgIpc) is 2.84. The number of nitrogens with two attached hydrogens (primary N) is 1. The van der Waals surface area contributed by atoms with E-state index in [0.717, 1.165) is 22.4 Å². The van der Waals surface area contributed by atoms with Crippen LogP contribution in [0.1, 0.15) is 35.8 Å². The van der Waals surface area contributed by atoms with Crippen molar-refractivity contribution < 1.29 is 0 Å². The summed E-state index contributed by atoms with van der Waals surface area (Å²) in [5, 5.41) is 1.15. The summed E-state index contributed by atoms with van der Waals surface area (Å²) < 4.78 is 1.11. The molecule has 0 saturated carbocycles. The van der Waals surface area contributed by atoms with Crippen LogP contribution in [0.4, 0.5) is 0 Å². The van der Waals surface area contributed by atoms with Crippen LogP contribution in [0.15, 0.2) is 28.7 Å². The molecule has 0 bridgehead atoms. The quantitative estimate of drug-likeness (QED) is 0.905. The van der Waals surface area contributed by atoms with E-state index in [1.165, 1.54) is 35.4 Å². The lowest BCUT2D eigenvalue weighted by molar-refractivity contribution is 0.520. The summed E-state index contributed by atoms with van der Waals surface area (Å²) in [6.45, 7) is 0.758. The third-order valence-corrected chi connectivity index (χ3v) is 5.33. The van der Waals surface area contributed by atoms with Crippen LogP contribution in [0.5, 0.6) is 0 Å². The van der Waals surface area contributed by atoms with E-state index in [-0.39, 0.29) is 0 Å². The highest BCUT2D eigenvalue weighted by Crippen LogP contribution is 2.39. The maximum Gasteiger partial charge on any atom is 0.123 e. The topological polar surface area (TPSA) is 38.9 Å². The Hall–Kier alpha value is -0.710. The molecule has 2 N–H and O–H groups in total. The molecule has 100 valence electrons. The van der Waals surface area contributed by atoms with Gasteiger partial charge >= 0.3 is 0 Å². The van der Waals surface area contributed by atoms with Gasteiger partial charge in [-0.05, 0) is 44.4 Å². The molecule has 0 spiro atoms. The molecule has 0 radical (unpaired) electrons. The van der Waals surface area contributed by atoms with E-state index in [1.807, 2.05) is 17.4 Å². The number of nitrogens with zero attached hydrogens (tertiary/aromatic N) is 1. The molecule has 0 fully saturated rings. The number of hydrogen-bond acceptors (Lipinski definition) is 3. The number of aryl methyl sites for hydroxylation is 1. The maximum absolute atomic E-state index is 5.72. The van der Waals surface area contributed by atoms with Crippen LogP contribution < -0.4 is 5.73 Å². The number of rotatable bonds is 3. The molecule has 2 nitrogen and oxygen atoms in total. The molecule has 1 atom stereocenters. The van der Waals surface area contributed by atoms with E-state index in [9.17, 15) is 0 Å². The SMILES string of the molecule is NCCC1CCCc2sc(-c3cccc(Br)c3)nc21. The minimum atomic E-state index is 0.575. The monoisotopic (exact) mass is 336 g/mol. The van der Waals surface area contributed by atoms with Gasteiger partial charge in [0.05, 0.1) is 5.69 Å². The molecule has 0 aliphatic heterocycles. The second kappa shape index (κ2) is 5.73. The van der Waals surface area contributed by atoms with Gasteiger partial charge in [-0.25, -0.2) is 4.98 Å². The average molecular weight is 337 g/mol. The zero-order valence-corrected chi connectivity index (χ0v) is 13.1. The van der Waals surface area contributed by atoms with E-state index < -0.39 is 0 Å². The van der Waals surface area contributed by atoms with Gasteiger partial charge in [0, 0.05) is 20.8 Å². The van der Waals surface area contributed by atoms with E-state index >= 15 is 0 Å². The normalized spacial score (nSPS) is 18.3. The Morgan fingerprint density at radius 3 is 3.11 bits per heavy atom. The van der Waals surface area contributed by atoms with Crippen LogP contribution in [-0.2, 0) is 6.42 Å². The number of halogens is 1. The van der Waals surface area contributed by atoms with Gasteiger partial charge in [-0.15, -0.1) is 11.3 Å². The largest absolute Gasteiger partial charge is 0.330 e. The zero-order chi connectivity index (χ0) is 13.2. The van der Waals surface area contributed by atoms with E-state index in [2.05, 4.69) is 34.1 Å². The van der Waals surface area contributed by atoms with Crippen LogP contribution in [0.25, 0.3) is 10.6 Å². The fraction of sp³-hybridized carbons (Fsp3) is 0.400. The van der Waals surface area contributed by atoms with Crippen LogP contribution in [0, 0.1) is 0 Å². The first-order valence-electron chi connectivity index (χ1n) is 6.73. The third kappa shape index (κ3) is 2.76. The molecule has 1 aromatic carbocycles. The molecular formula is C15H17BrN2S. The highest BCUT2D eigenvalue weighted by Gasteiger charge is 2.24. The summed E-state index contributed by atoms with van der Waals surface area (Å²) in [5.41, 5.74) is 8.25. The van der Waals surface area contributed by atoms with E-state index in [1.54, 1.807) is 0 Å². The van der Waals surface area contributed by atoms with Crippen molar-refractivity contribution in [3.8, 4) is 10.6 Å². The molecule has 4 heteroatoms. The highest BCUT2D eigenvalue weighted by molar-refractivity contribution is 9.10. The molecule has 3 rings (SSSR count). The lowest BCUT2D eigenvalue weighted by atomic mass is 9.88. The zero-order valence-electron chi connectivity index (χ0n) is 10.7. The Kier molecular flexibility index (Phi) is 4.01. The summed E-state index contributed by atoms with van der Waals surface area (Å²) in [4.78, 5) is 6.38. The number of hydrogen-bond donors (Lipinski definition) is 1. The van der Waals surface area contributed by atoms with E-state index in [0.29, 0.717) is 5.92 Å². The molecular weight excluding hydrogens is 320 g/mol. The molecule has 19 heavy (non-hydrogen) atoms. The minimum absolute atomic E-state index is 0.575. The Bertz CT molecular complexity index is 579. The summed E-state index contributed by atoms with van der Waals surface area (Å²) in [7, 11) is 0. The first-order chi connectivity index (χ1) is 9.28.